The van der Waals surface area contributed by atoms with E-state index in [1.807, 2.05) is 0 Å². The van der Waals surface area contributed by atoms with Crippen LogP contribution in [0.25, 0.3) is 0 Å². The van der Waals surface area contributed by atoms with E-state index < -0.39 is 0 Å². The summed E-state index contributed by atoms with van der Waals surface area (Å²) in [4.78, 5) is 36.5. The van der Waals surface area contributed by atoms with Crippen molar-refractivity contribution >= 4 is 17.8 Å². The van der Waals surface area contributed by atoms with Gasteiger partial charge in [0.25, 0.3) is 0 Å². The Kier molecular flexibility index (Phi) is 7.19. The summed E-state index contributed by atoms with van der Waals surface area (Å²) in [5, 5.41) is 2.82. The molecule has 6 nitrogen and oxygen atoms in total. The van der Waals surface area contributed by atoms with Gasteiger partial charge in [-0.1, -0.05) is 19.8 Å². The molecule has 0 aromatic carbocycles. The van der Waals surface area contributed by atoms with Gasteiger partial charge in [0.15, 0.2) is 0 Å². The molecule has 1 fully saturated rings. The first-order valence-electron chi connectivity index (χ1n) is 7.55. The van der Waals surface area contributed by atoms with E-state index in [2.05, 4.69) is 10.1 Å². The number of ether oxygens (including phenoxy) is 1. The van der Waals surface area contributed by atoms with Gasteiger partial charge >= 0.3 is 5.97 Å². The van der Waals surface area contributed by atoms with Gasteiger partial charge in [0.2, 0.25) is 11.8 Å². The molecule has 1 N–H and O–H groups in total. The minimum absolute atomic E-state index is 0.0610. The Balaban J connectivity index is 2.23. The van der Waals surface area contributed by atoms with Crippen LogP contribution in [-0.2, 0) is 19.1 Å². The molecule has 0 radical (unpaired) electrons. The zero-order chi connectivity index (χ0) is 15.8. The average molecular weight is 298 g/mol. The van der Waals surface area contributed by atoms with Crippen molar-refractivity contribution in [3.8, 4) is 0 Å². The SMILES string of the molecule is COC(=O)C(C)CN(C)C(=O)CCNC(=O)C1CCCC1. The third kappa shape index (κ3) is 5.73. The molecule has 6 heteroatoms. The van der Waals surface area contributed by atoms with Gasteiger partial charge in [-0.25, -0.2) is 0 Å². The van der Waals surface area contributed by atoms with Crippen LogP contribution in [0.4, 0.5) is 0 Å². The van der Waals surface area contributed by atoms with Crippen molar-refractivity contribution in [2.45, 2.75) is 39.0 Å². The van der Waals surface area contributed by atoms with Gasteiger partial charge in [-0.15, -0.1) is 0 Å². The van der Waals surface area contributed by atoms with Crippen LogP contribution >= 0.6 is 0 Å². The monoisotopic (exact) mass is 298 g/mol. The predicted octanol–water partition coefficient (Wildman–Crippen LogP) is 0.950. The largest absolute Gasteiger partial charge is 0.469 e. The molecule has 1 atom stereocenters. The molecule has 1 aliphatic rings. The Morgan fingerprint density at radius 3 is 2.48 bits per heavy atom. The van der Waals surface area contributed by atoms with E-state index in [-0.39, 0.29) is 36.0 Å². The Morgan fingerprint density at radius 1 is 1.29 bits per heavy atom. The average Bonchev–Trinajstić information content (AvgIpc) is 3.00. The third-order valence-corrected chi connectivity index (χ3v) is 3.94. The zero-order valence-electron chi connectivity index (χ0n) is 13.2. The molecule has 0 spiro atoms. The zero-order valence-corrected chi connectivity index (χ0v) is 13.2. The third-order valence-electron chi connectivity index (χ3n) is 3.94. The summed E-state index contributed by atoms with van der Waals surface area (Å²) in [6.07, 6.45) is 4.39. The van der Waals surface area contributed by atoms with Crippen LogP contribution in [0.2, 0.25) is 0 Å². The van der Waals surface area contributed by atoms with Gasteiger partial charge in [-0.2, -0.15) is 0 Å². The van der Waals surface area contributed by atoms with Crippen LogP contribution in [0.15, 0.2) is 0 Å². The number of amides is 2. The molecule has 1 unspecified atom stereocenters. The Hall–Kier alpha value is -1.59. The predicted molar refractivity (Wildman–Crippen MR) is 78.4 cm³/mol. The fourth-order valence-electron chi connectivity index (χ4n) is 2.60. The topological polar surface area (TPSA) is 75.7 Å². The summed E-state index contributed by atoms with van der Waals surface area (Å²) in [6, 6.07) is 0. The van der Waals surface area contributed by atoms with Gasteiger partial charge < -0.3 is 15.0 Å². The van der Waals surface area contributed by atoms with Crippen molar-refractivity contribution in [2.24, 2.45) is 11.8 Å². The highest BCUT2D eigenvalue weighted by Gasteiger charge is 2.23. The second-order valence-corrected chi connectivity index (χ2v) is 5.72. The lowest BCUT2D eigenvalue weighted by Crippen LogP contribution is -2.37. The molecule has 0 heterocycles. The molecule has 0 aromatic rings. The molecule has 2 amide bonds. The van der Waals surface area contributed by atoms with Gasteiger partial charge in [0.05, 0.1) is 13.0 Å². The fourth-order valence-corrected chi connectivity index (χ4v) is 2.60. The molecule has 1 aliphatic carbocycles. The van der Waals surface area contributed by atoms with Crippen molar-refractivity contribution in [1.29, 1.82) is 0 Å². The van der Waals surface area contributed by atoms with Crippen molar-refractivity contribution in [3.05, 3.63) is 0 Å². The summed E-state index contributed by atoms with van der Waals surface area (Å²) >= 11 is 0. The van der Waals surface area contributed by atoms with Crippen molar-refractivity contribution in [3.63, 3.8) is 0 Å². The van der Waals surface area contributed by atoms with E-state index in [0.717, 1.165) is 25.7 Å². The number of rotatable bonds is 7. The maximum absolute atomic E-state index is 11.9. The normalized spacial score (nSPS) is 16.3. The van der Waals surface area contributed by atoms with E-state index in [1.165, 1.54) is 12.0 Å². The first-order valence-corrected chi connectivity index (χ1v) is 7.55. The Bertz CT molecular complexity index is 378. The number of methoxy groups -OCH3 is 1. The maximum Gasteiger partial charge on any atom is 0.310 e. The highest BCUT2D eigenvalue weighted by atomic mass is 16.5. The van der Waals surface area contributed by atoms with E-state index in [4.69, 9.17) is 0 Å². The van der Waals surface area contributed by atoms with Crippen molar-refractivity contribution in [1.82, 2.24) is 10.2 Å². The summed E-state index contributed by atoms with van der Waals surface area (Å²) in [5.41, 5.74) is 0. The van der Waals surface area contributed by atoms with Crippen molar-refractivity contribution in [2.75, 3.05) is 27.2 Å². The van der Waals surface area contributed by atoms with Crippen LogP contribution in [0, 0.1) is 11.8 Å². The number of carbonyl (C=O) groups is 3. The Labute approximate surface area is 126 Å². The van der Waals surface area contributed by atoms with E-state index in [9.17, 15) is 14.4 Å². The van der Waals surface area contributed by atoms with Crippen LogP contribution in [0.3, 0.4) is 0 Å². The minimum atomic E-state index is -0.350. The van der Waals surface area contributed by atoms with E-state index in [0.29, 0.717) is 13.1 Å². The molecule has 0 bridgehead atoms. The number of nitrogens with zero attached hydrogens (tertiary/aromatic N) is 1. The first-order chi connectivity index (χ1) is 9.95. The summed E-state index contributed by atoms with van der Waals surface area (Å²) < 4.78 is 4.63. The molecule has 1 saturated carbocycles. The summed E-state index contributed by atoms with van der Waals surface area (Å²) in [7, 11) is 2.99. The van der Waals surface area contributed by atoms with Gasteiger partial charge in [-0.3, -0.25) is 14.4 Å². The smallest absolute Gasteiger partial charge is 0.310 e. The molecule has 0 aromatic heterocycles. The highest BCUT2D eigenvalue weighted by molar-refractivity contribution is 5.81. The molecular formula is C15H26N2O4. The minimum Gasteiger partial charge on any atom is -0.469 e. The summed E-state index contributed by atoms with van der Waals surface area (Å²) in [5.74, 6) is -0.582. The van der Waals surface area contributed by atoms with Crippen molar-refractivity contribution < 1.29 is 19.1 Å². The molecular weight excluding hydrogens is 272 g/mol. The lowest BCUT2D eigenvalue weighted by molar-refractivity contribution is -0.146. The van der Waals surface area contributed by atoms with E-state index >= 15 is 0 Å². The van der Waals surface area contributed by atoms with E-state index in [1.54, 1.807) is 14.0 Å². The fraction of sp³-hybridized carbons (Fsp3) is 0.800. The maximum atomic E-state index is 11.9. The van der Waals surface area contributed by atoms with Crippen LogP contribution in [0.1, 0.15) is 39.0 Å². The van der Waals surface area contributed by atoms with Gasteiger partial charge in [0, 0.05) is 32.5 Å². The number of esters is 1. The highest BCUT2D eigenvalue weighted by Crippen LogP contribution is 2.24. The number of nitrogens with one attached hydrogen (secondary N) is 1. The second kappa shape index (κ2) is 8.64. The number of hydrogen-bond donors (Lipinski definition) is 1. The number of carbonyl (C=O) groups excluding carboxylic acids is 3. The molecule has 0 saturated heterocycles. The summed E-state index contributed by atoms with van der Waals surface area (Å²) in [6.45, 7) is 2.39. The molecule has 1 rings (SSSR count). The van der Waals surface area contributed by atoms with Gasteiger partial charge in [-0.05, 0) is 12.8 Å². The quantitative estimate of drug-likeness (QED) is 0.710. The van der Waals surface area contributed by atoms with Gasteiger partial charge in [0.1, 0.15) is 0 Å². The molecule has 0 aliphatic heterocycles. The van der Waals surface area contributed by atoms with Crippen LogP contribution in [0.5, 0.6) is 0 Å². The first kappa shape index (κ1) is 17.5. The Morgan fingerprint density at radius 2 is 1.90 bits per heavy atom. The lowest BCUT2D eigenvalue weighted by atomic mass is 10.1. The number of hydrogen-bond acceptors (Lipinski definition) is 4. The molecule has 120 valence electrons. The van der Waals surface area contributed by atoms with Crippen LogP contribution in [-0.4, -0.2) is 49.9 Å². The second-order valence-electron chi connectivity index (χ2n) is 5.72. The van der Waals surface area contributed by atoms with Crippen LogP contribution < -0.4 is 5.32 Å². The molecule has 21 heavy (non-hydrogen) atoms. The standard InChI is InChI=1S/C15H26N2O4/c1-11(15(20)21-3)10-17(2)13(18)8-9-16-14(19)12-6-4-5-7-12/h11-12H,4-10H2,1-3H3,(H,16,19). The lowest BCUT2D eigenvalue weighted by Gasteiger charge is -2.20.